The van der Waals surface area contributed by atoms with Crippen LogP contribution in [-0.4, -0.2) is 11.3 Å². The van der Waals surface area contributed by atoms with E-state index in [9.17, 15) is 17.6 Å². The minimum Gasteiger partial charge on any atom is -0.396 e. The van der Waals surface area contributed by atoms with Gasteiger partial charge in [0.05, 0.1) is 5.69 Å². The fourth-order valence-corrected chi connectivity index (χ4v) is 0.681. The maximum absolute atomic E-state index is 12.7. The Balaban J connectivity index is 3.04. The van der Waals surface area contributed by atoms with Crippen molar-refractivity contribution < 1.29 is 22.3 Å². The summed E-state index contributed by atoms with van der Waals surface area (Å²) >= 11 is 0. The van der Waals surface area contributed by atoms with Gasteiger partial charge in [0.15, 0.2) is 11.6 Å². The lowest BCUT2D eigenvalue weighted by Gasteiger charge is -2.09. The summed E-state index contributed by atoms with van der Waals surface area (Å²) in [6, 6.07) is 0.601. The predicted molar refractivity (Wildman–Crippen MR) is 39.7 cm³/mol. The van der Waals surface area contributed by atoms with Crippen LogP contribution >= 0.6 is 0 Å². The molecule has 1 aromatic rings. The highest BCUT2D eigenvalue weighted by Crippen LogP contribution is 2.26. The molecular formula is C6H5F4N3O. The maximum atomic E-state index is 12.7. The van der Waals surface area contributed by atoms with Gasteiger partial charge >= 0.3 is 6.36 Å². The number of nitrogens with two attached hydrogens (primary N) is 2. The first kappa shape index (κ1) is 10.4. The molecule has 0 atom stereocenters. The summed E-state index contributed by atoms with van der Waals surface area (Å²) in [5, 5.41) is 0. The molecule has 1 aromatic heterocycles. The molecule has 0 unspecified atom stereocenters. The molecule has 1 rings (SSSR count). The first-order valence-electron chi connectivity index (χ1n) is 3.27. The van der Waals surface area contributed by atoms with E-state index in [1.54, 1.807) is 0 Å². The Morgan fingerprint density at radius 3 is 2.36 bits per heavy atom. The molecule has 0 aromatic carbocycles. The Morgan fingerprint density at radius 2 is 1.86 bits per heavy atom. The molecule has 4 nitrogen and oxygen atoms in total. The van der Waals surface area contributed by atoms with Crippen LogP contribution in [0.1, 0.15) is 0 Å². The second-order valence-electron chi connectivity index (χ2n) is 2.30. The zero-order valence-electron chi connectivity index (χ0n) is 6.60. The van der Waals surface area contributed by atoms with Crippen LogP contribution in [0.15, 0.2) is 6.07 Å². The van der Waals surface area contributed by atoms with Gasteiger partial charge in [-0.25, -0.2) is 4.39 Å². The van der Waals surface area contributed by atoms with E-state index in [1.807, 2.05) is 0 Å². The number of pyridine rings is 1. The molecular weight excluding hydrogens is 206 g/mol. The molecule has 4 N–H and O–H groups in total. The molecule has 0 spiro atoms. The van der Waals surface area contributed by atoms with E-state index in [2.05, 4.69) is 9.72 Å². The van der Waals surface area contributed by atoms with Crippen molar-refractivity contribution >= 4 is 11.5 Å². The van der Waals surface area contributed by atoms with Crippen molar-refractivity contribution in [1.82, 2.24) is 4.98 Å². The number of ether oxygens (including phenoxy) is 1. The topological polar surface area (TPSA) is 74.2 Å². The summed E-state index contributed by atoms with van der Waals surface area (Å²) < 4.78 is 50.9. The van der Waals surface area contributed by atoms with Gasteiger partial charge in [-0.2, -0.15) is 4.98 Å². The summed E-state index contributed by atoms with van der Waals surface area (Å²) in [6.45, 7) is 0. The molecule has 14 heavy (non-hydrogen) atoms. The van der Waals surface area contributed by atoms with Crippen molar-refractivity contribution in [1.29, 1.82) is 0 Å². The van der Waals surface area contributed by atoms with Crippen molar-refractivity contribution in [3.8, 4) is 5.88 Å². The summed E-state index contributed by atoms with van der Waals surface area (Å²) in [5.41, 5.74) is 9.89. The highest BCUT2D eigenvalue weighted by atomic mass is 19.4. The Bertz CT molecular complexity index is 352. The van der Waals surface area contributed by atoms with Crippen molar-refractivity contribution in [2.75, 3.05) is 11.5 Å². The van der Waals surface area contributed by atoms with Crippen molar-refractivity contribution in [2.24, 2.45) is 0 Å². The minimum absolute atomic E-state index is 0.253. The monoisotopic (exact) mass is 211 g/mol. The van der Waals surface area contributed by atoms with Crippen LogP contribution in [0, 0.1) is 5.82 Å². The molecule has 0 amide bonds. The molecule has 0 fully saturated rings. The molecule has 8 heteroatoms. The Kier molecular flexibility index (Phi) is 2.37. The van der Waals surface area contributed by atoms with Crippen LogP contribution in [0.2, 0.25) is 0 Å². The predicted octanol–water partition coefficient (Wildman–Crippen LogP) is 1.28. The van der Waals surface area contributed by atoms with Gasteiger partial charge in [0, 0.05) is 6.07 Å². The van der Waals surface area contributed by atoms with Crippen molar-refractivity contribution in [3.63, 3.8) is 0 Å². The van der Waals surface area contributed by atoms with Crippen molar-refractivity contribution in [3.05, 3.63) is 11.9 Å². The maximum Gasteiger partial charge on any atom is 0.574 e. The molecule has 0 aliphatic carbocycles. The average Bonchev–Trinajstić information content (AvgIpc) is 1.97. The van der Waals surface area contributed by atoms with E-state index in [0.717, 1.165) is 0 Å². The van der Waals surface area contributed by atoms with E-state index in [0.29, 0.717) is 6.07 Å². The van der Waals surface area contributed by atoms with Crippen LogP contribution in [0.3, 0.4) is 0 Å². The Hall–Kier alpha value is -1.73. The van der Waals surface area contributed by atoms with E-state index < -0.39 is 23.9 Å². The number of aromatic nitrogens is 1. The van der Waals surface area contributed by atoms with E-state index in [-0.39, 0.29) is 5.69 Å². The van der Waals surface area contributed by atoms with Gasteiger partial charge < -0.3 is 16.2 Å². The van der Waals surface area contributed by atoms with Crippen LogP contribution < -0.4 is 16.2 Å². The third-order valence-electron chi connectivity index (χ3n) is 1.22. The Labute approximate surface area is 75.5 Å². The zero-order valence-corrected chi connectivity index (χ0v) is 6.60. The van der Waals surface area contributed by atoms with Crippen molar-refractivity contribution in [2.45, 2.75) is 6.36 Å². The molecule has 78 valence electrons. The normalized spacial score (nSPS) is 11.4. The lowest BCUT2D eigenvalue weighted by atomic mass is 10.4. The molecule has 0 aliphatic heterocycles. The zero-order chi connectivity index (χ0) is 10.9. The number of rotatable bonds is 1. The first-order chi connectivity index (χ1) is 6.29. The van der Waals surface area contributed by atoms with Gasteiger partial charge in [-0.15, -0.1) is 13.2 Å². The van der Waals surface area contributed by atoms with E-state index >= 15 is 0 Å². The number of hydrogen-bond acceptors (Lipinski definition) is 4. The summed E-state index contributed by atoms with van der Waals surface area (Å²) in [7, 11) is 0. The lowest BCUT2D eigenvalue weighted by Crippen LogP contribution is -2.19. The van der Waals surface area contributed by atoms with Gasteiger partial charge in [0.1, 0.15) is 0 Å². The summed E-state index contributed by atoms with van der Waals surface area (Å²) in [6.07, 6.45) is -5.02. The van der Waals surface area contributed by atoms with Crippen LogP contribution in [0.4, 0.5) is 29.1 Å². The average molecular weight is 211 g/mol. The van der Waals surface area contributed by atoms with Gasteiger partial charge in [-0.1, -0.05) is 0 Å². The third-order valence-corrected chi connectivity index (χ3v) is 1.22. The summed E-state index contributed by atoms with van der Waals surface area (Å²) in [4.78, 5) is 2.99. The summed E-state index contributed by atoms with van der Waals surface area (Å²) in [5.74, 6) is -3.00. The second-order valence-corrected chi connectivity index (χ2v) is 2.30. The quantitative estimate of drug-likeness (QED) is 0.686. The molecule has 0 saturated heterocycles. The van der Waals surface area contributed by atoms with Gasteiger partial charge in [-0.3, -0.25) is 0 Å². The number of anilines is 2. The second kappa shape index (κ2) is 3.20. The SMILES string of the molecule is Nc1cc(F)c(OC(F)(F)F)nc1N. The number of alkyl halides is 3. The van der Waals surface area contributed by atoms with E-state index in [4.69, 9.17) is 11.5 Å². The molecule has 0 aliphatic rings. The third kappa shape index (κ3) is 2.38. The smallest absolute Gasteiger partial charge is 0.396 e. The molecule has 0 radical (unpaired) electrons. The number of nitrogen functional groups attached to an aromatic ring is 2. The lowest BCUT2D eigenvalue weighted by molar-refractivity contribution is -0.277. The van der Waals surface area contributed by atoms with Gasteiger partial charge in [0.25, 0.3) is 5.88 Å². The highest BCUT2D eigenvalue weighted by molar-refractivity contribution is 5.59. The molecule has 1 heterocycles. The van der Waals surface area contributed by atoms with Crippen LogP contribution in [-0.2, 0) is 0 Å². The van der Waals surface area contributed by atoms with Gasteiger partial charge in [-0.05, 0) is 0 Å². The fourth-order valence-electron chi connectivity index (χ4n) is 0.681. The Morgan fingerprint density at radius 1 is 1.29 bits per heavy atom. The number of hydrogen-bond donors (Lipinski definition) is 2. The standard InChI is InChI=1S/C6H5F4N3O/c7-2-1-3(11)4(12)13-5(2)14-6(8,9)10/h1H,11H2,(H2,12,13). The first-order valence-corrected chi connectivity index (χ1v) is 3.27. The number of nitrogens with zero attached hydrogens (tertiary/aromatic N) is 1. The minimum atomic E-state index is -5.02. The van der Waals surface area contributed by atoms with Gasteiger partial charge in [0.2, 0.25) is 0 Å². The highest BCUT2D eigenvalue weighted by Gasteiger charge is 2.33. The molecule has 0 saturated carbocycles. The van der Waals surface area contributed by atoms with E-state index in [1.165, 1.54) is 0 Å². The van der Waals surface area contributed by atoms with Crippen LogP contribution in [0.25, 0.3) is 0 Å². The largest absolute Gasteiger partial charge is 0.574 e. The fraction of sp³-hybridized carbons (Fsp3) is 0.167. The molecule has 0 bridgehead atoms. The van der Waals surface area contributed by atoms with Crippen LogP contribution in [0.5, 0.6) is 5.88 Å². The number of halogens is 4.